The van der Waals surface area contributed by atoms with Crippen molar-refractivity contribution in [1.82, 2.24) is 0 Å². The number of nitrogens with zero attached hydrogens (tertiary/aromatic N) is 2. The SMILES string of the molecule is Cc1cc(F)ccc1N(Cc1ccc(C#N)cc1)C(=O)C[C@@H]1C[C@H]2CC[C@@H]1C2. The fourth-order valence-corrected chi connectivity index (χ4v) is 5.06. The first-order chi connectivity index (χ1) is 13.5. The molecule has 2 fully saturated rings. The first kappa shape index (κ1) is 18.7. The van der Waals surface area contributed by atoms with Gasteiger partial charge < -0.3 is 4.90 Å². The Hall–Kier alpha value is -2.67. The summed E-state index contributed by atoms with van der Waals surface area (Å²) in [4.78, 5) is 15.1. The largest absolute Gasteiger partial charge is 0.308 e. The van der Waals surface area contributed by atoms with Gasteiger partial charge in [-0.3, -0.25) is 4.79 Å². The average molecular weight is 376 g/mol. The quantitative estimate of drug-likeness (QED) is 0.704. The predicted molar refractivity (Wildman–Crippen MR) is 107 cm³/mol. The lowest BCUT2D eigenvalue weighted by Gasteiger charge is -2.28. The monoisotopic (exact) mass is 376 g/mol. The maximum Gasteiger partial charge on any atom is 0.227 e. The molecule has 2 aliphatic rings. The molecular formula is C24H25FN2O. The van der Waals surface area contributed by atoms with Crippen LogP contribution < -0.4 is 4.90 Å². The molecule has 4 rings (SSSR count). The molecule has 1 amide bonds. The van der Waals surface area contributed by atoms with Crippen molar-refractivity contribution in [2.75, 3.05) is 4.90 Å². The van der Waals surface area contributed by atoms with Crippen LogP contribution in [0.2, 0.25) is 0 Å². The molecule has 2 bridgehead atoms. The molecule has 2 saturated carbocycles. The Morgan fingerprint density at radius 2 is 1.96 bits per heavy atom. The molecule has 0 spiro atoms. The minimum Gasteiger partial charge on any atom is -0.308 e. The van der Waals surface area contributed by atoms with E-state index < -0.39 is 0 Å². The summed E-state index contributed by atoms with van der Waals surface area (Å²) >= 11 is 0. The van der Waals surface area contributed by atoms with Gasteiger partial charge in [0, 0.05) is 12.1 Å². The first-order valence-corrected chi connectivity index (χ1v) is 10.1. The molecule has 4 heteroatoms. The van der Waals surface area contributed by atoms with Gasteiger partial charge in [0.15, 0.2) is 0 Å². The number of anilines is 1. The van der Waals surface area contributed by atoms with Gasteiger partial charge in [-0.2, -0.15) is 5.26 Å². The van der Waals surface area contributed by atoms with E-state index in [9.17, 15) is 9.18 Å². The number of rotatable bonds is 5. The third-order valence-corrected chi connectivity index (χ3v) is 6.50. The zero-order valence-electron chi connectivity index (χ0n) is 16.2. The number of benzene rings is 2. The van der Waals surface area contributed by atoms with Crippen molar-refractivity contribution in [2.24, 2.45) is 17.8 Å². The number of carbonyl (C=O) groups excluding carboxylic acids is 1. The Kier molecular flexibility index (Phi) is 5.17. The van der Waals surface area contributed by atoms with E-state index in [-0.39, 0.29) is 11.7 Å². The number of hydrogen-bond acceptors (Lipinski definition) is 2. The van der Waals surface area contributed by atoms with Crippen LogP contribution in [0.4, 0.5) is 10.1 Å². The molecule has 2 aromatic carbocycles. The summed E-state index contributed by atoms with van der Waals surface area (Å²) in [6.07, 6.45) is 5.59. The molecule has 0 aliphatic heterocycles. The van der Waals surface area contributed by atoms with E-state index in [1.54, 1.807) is 23.1 Å². The summed E-state index contributed by atoms with van der Waals surface area (Å²) in [6.45, 7) is 2.27. The highest BCUT2D eigenvalue weighted by Gasteiger charge is 2.40. The third kappa shape index (κ3) is 3.80. The summed E-state index contributed by atoms with van der Waals surface area (Å²) in [5, 5.41) is 9.00. The third-order valence-electron chi connectivity index (χ3n) is 6.50. The molecule has 2 aromatic rings. The topological polar surface area (TPSA) is 44.1 Å². The van der Waals surface area contributed by atoms with Crippen molar-refractivity contribution < 1.29 is 9.18 Å². The first-order valence-electron chi connectivity index (χ1n) is 10.1. The Balaban J connectivity index is 1.58. The standard InChI is InChI=1S/C24H25FN2O/c1-16-10-22(25)8-9-23(16)27(15-18-4-2-17(14-26)3-5-18)24(28)13-21-12-19-6-7-20(21)11-19/h2-5,8-10,19-21H,6-7,11-13,15H2,1H3/t19-,20+,21-/m0/s1. The Bertz CT molecular complexity index is 915. The van der Waals surface area contributed by atoms with Gasteiger partial charge in [0.05, 0.1) is 18.2 Å². The van der Waals surface area contributed by atoms with Crippen molar-refractivity contribution in [3.05, 3.63) is 65.0 Å². The number of aryl methyl sites for hydroxylation is 1. The fourth-order valence-electron chi connectivity index (χ4n) is 5.06. The summed E-state index contributed by atoms with van der Waals surface area (Å²) in [5.41, 5.74) is 3.08. The molecule has 2 aliphatic carbocycles. The van der Waals surface area contributed by atoms with Crippen molar-refractivity contribution >= 4 is 11.6 Å². The predicted octanol–water partition coefficient (Wildman–Crippen LogP) is 5.37. The lowest BCUT2D eigenvalue weighted by Crippen LogP contribution is -2.33. The molecule has 28 heavy (non-hydrogen) atoms. The van der Waals surface area contributed by atoms with Gasteiger partial charge in [-0.15, -0.1) is 0 Å². The molecule has 3 nitrogen and oxygen atoms in total. The van der Waals surface area contributed by atoms with Crippen molar-refractivity contribution in [3.63, 3.8) is 0 Å². The van der Waals surface area contributed by atoms with Gasteiger partial charge in [0.1, 0.15) is 5.82 Å². The molecule has 144 valence electrons. The number of hydrogen-bond donors (Lipinski definition) is 0. The molecule has 0 aromatic heterocycles. The highest BCUT2D eigenvalue weighted by atomic mass is 19.1. The van der Waals surface area contributed by atoms with Crippen LogP contribution in [0.25, 0.3) is 0 Å². The van der Waals surface area contributed by atoms with E-state index in [1.807, 2.05) is 19.1 Å². The maximum absolute atomic E-state index is 13.6. The average Bonchev–Trinajstić information content (AvgIpc) is 3.30. The van der Waals surface area contributed by atoms with E-state index >= 15 is 0 Å². The molecule has 0 unspecified atom stereocenters. The number of carbonyl (C=O) groups is 1. The van der Waals surface area contributed by atoms with Gasteiger partial charge in [-0.1, -0.05) is 18.6 Å². The Morgan fingerprint density at radius 1 is 1.18 bits per heavy atom. The highest BCUT2D eigenvalue weighted by molar-refractivity contribution is 5.94. The zero-order valence-corrected chi connectivity index (χ0v) is 16.2. The molecule has 0 radical (unpaired) electrons. The van der Waals surface area contributed by atoms with Gasteiger partial charge in [-0.05, 0) is 85.4 Å². The maximum atomic E-state index is 13.6. The van der Waals surface area contributed by atoms with Gasteiger partial charge in [0.2, 0.25) is 5.91 Å². The molecular weight excluding hydrogens is 351 g/mol. The summed E-state index contributed by atoms with van der Waals surface area (Å²) in [7, 11) is 0. The van der Waals surface area contributed by atoms with Crippen molar-refractivity contribution in [3.8, 4) is 6.07 Å². The van der Waals surface area contributed by atoms with Crippen LogP contribution >= 0.6 is 0 Å². The molecule has 0 N–H and O–H groups in total. The van der Waals surface area contributed by atoms with Crippen LogP contribution in [0.1, 0.15) is 48.8 Å². The van der Waals surface area contributed by atoms with Crippen molar-refractivity contribution in [2.45, 2.75) is 45.6 Å². The second-order valence-electron chi connectivity index (χ2n) is 8.36. The number of nitriles is 1. The zero-order chi connectivity index (χ0) is 19.7. The van der Waals surface area contributed by atoms with Crippen LogP contribution in [-0.4, -0.2) is 5.91 Å². The van der Waals surface area contributed by atoms with Gasteiger partial charge in [0.25, 0.3) is 0 Å². The Morgan fingerprint density at radius 3 is 2.57 bits per heavy atom. The van der Waals surface area contributed by atoms with E-state index in [2.05, 4.69) is 6.07 Å². The van der Waals surface area contributed by atoms with Crippen LogP contribution in [0.3, 0.4) is 0 Å². The van der Waals surface area contributed by atoms with Gasteiger partial charge in [-0.25, -0.2) is 4.39 Å². The molecule has 3 atom stereocenters. The lowest BCUT2D eigenvalue weighted by molar-refractivity contribution is -0.120. The smallest absolute Gasteiger partial charge is 0.227 e. The Labute approximate surface area is 165 Å². The van der Waals surface area contributed by atoms with Crippen molar-refractivity contribution in [1.29, 1.82) is 5.26 Å². The number of fused-ring (bicyclic) bond motifs is 2. The van der Waals surface area contributed by atoms with E-state index in [4.69, 9.17) is 5.26 Å². The minimum atomic E-state index is -0.292. The molecule has 0 saturated heterocycles. The highest BCUT2D eigenvalue weighted by Crippen LogP contribution is 2.49. The number of halogens is 1. The number of amides is 1. The van der Waals surface area contributed by atoms with Crippen LogP contribution in [0.15, 0.2) is 42.5 Å². The van der Waals surface area contributed by atoms with Crippen LogP contribution in [0.5, 0.6) is 0 Å². The van der Waals surface area contributed by atoms with Crippen LogP contribution in [-0.2, 0) is 11.3 Å². The second-order valence-corrected chi connectivity index (χ2v) is 8.36. The summed E-state index contributed by atoms with van der Waals surface area (Å²) in [6, 6.07) is 14.0. The van der Waals surface area contributed by atoms with E-state index in [0.29, 0.717) is 30.4 Å². The summed E-state index contributed by atoms with van der Waals surface area (Å²) < 4.78 is 13.6. The van der Waals surface area contributed by atoms with Gasteiger partial charge >= 0.3 is 0 Å². The molecule has 0 heterocycles. The second kappa shape index (κ2) is 7.75. The minimum absolute atomic E-state index is 0.108. The summed E-state index contributed by atoms with van der Waals surface area (Å²) in [5.74, 6) is 1.80. The van der Waals surface area contributed by atoms with E-state index in [1.165, 1.54) is 37.8 Å². The fraction of sp³-hybridized carbons (Fsp3) is 0.417. The normalized spacial score (nSPS) is 22.8. The van der Waals surface area contributed by atoms with E-state index in [0.717, 1.165) is 22.7 Å². The van der Waals surface area contributed by atoms with Crippen LogP contribution in [0, 0.1) is 41.8 Å². The lowest BCUT2D eigenvalue weighted by atomic mass is 9.86.